The second-order valence-electron chi connectivity index (χ2n) is 3.27. The predicted octanol–water partition coefficient (Wildman–Crippen LogP) is 2.29. The van der Waals surface area contributed by atoms with Gasteiger partial charge in [0.2, 0.25) is 0 Å². The average molecular weight is 202 g/mol. The van der Waals surface area contributed by atoms with E-state index >= 15 is 0 Å². The fourth-order valence-electron chi connectivity index (χ4n) is 1.57. The molecular formula is C9H16ClN3. The first-order chi connectivity index (χ1) is 6.22. The summed E-state index contributed by atoms with van der Waals surface area (Å²) in [6.07, 6.45) is 5.73. The van der Waals surface area contributed by atoms with Crippen molar-refractivity contribution in [3.63, 3.8) is 0 Å². The summed E-state index contributed by atoms with van der Waals surface area (Å²) in [6.45, 7) is 2.01. The number of nitrogens with zero attached hydrogens (tertiary/aromatic N) is 2. The Morgan fingerprint density at radius 2 is 2.08 bits per heavy atom. The molecule has 1 saturated carbocycles. The van der Waals surface area contributed by atoms with Crippen molar-refractivity contribution < 1.29 is 0 Å². The van der Waals surface area contributed by atoms with Crippen molar-refractivity contribution in [2.45, 2.75) is 45.1 Å². The lowest BCUT2D eigenvalue weighted by Crippen LogP contribution is -2.08. The van der Waals surface area contributed by atoms with Crippen molar-refractivity contribution in [2.75, 3.05) is 0 Å². The van der Waals surface area contributed by atoms with Crippen molar-refractivity contribution in [1.29, 1.82) is 0 Å². The van der Waals surface area contributed by atoms with Crippen molar-refractivity contribution in [2.24, 2.45) is 15.7 Å². The fraction of sp³-hybridized carbons (Fsp3) is 0.778. The minimum atomic E-state index is 0.0820. The number of amidine groups is 2. The Bertz CT molecular complexity index is 213. The molecule has 0 amide bonds. The summed E-state index contributed by atoms with van der Waals surface area (Å²) in [6, 6.07) is 0.453. The van der Waals surface area contributed by atoms with Crippen molar-refractivity contribution in [3.8, 4) is 0 Å². The van der Waals surface area contributed by atoms with Gasteiger partial charge in [0.15, 0.2) is 5.29 Å². The van der Waals surface area contributed by atoms with Crippen LogP contribution in [0.3, 0.4) is 0 Å². The van der Waals surface area contributed by atoms with E-state index in [-0.39, 0.29) is 5.29 Å². The van der Waals surface area contributed by atoms with Crippen LogP contribution < -0.4 is 5.73 Å². The largest absolute Gasteiger partial charge is 0.374 e. The van der Waals surface area contributed by atoms with E-state index < -0.39 is 0 Å². The topological polar surface area (TPSA) is 50.7 Å². The normalized spacial score (nSPS) is 21.1. The highest BCUT2D eigenvalue weighted by Crippen LogP contribution is 2.21. The Morgan fingerprint density at radius 3 is 2.54 bits per heavy atom. The van der Waals surface area contributed by atoms with Gasteiger partial charge < -0.3 is 5.73 Å². The van der Waals surface area contributed by atoms with Gasteiger partial charge in [-0.15, -0.1) is 0 Å². The van der Waals surface area contributed by atoms with Gasteiger partial charge in [-0.1, -0.05) is 19.8 Å². The molecule has 0 aromatic heterocycles. The van der Waals surface area contributed by atoms with E-state index in [2.05, 4.69) is 9.98 Å². The molecule has 1 fully saturated rings. The van der Waals surface area contributed by atoms with Gasteiger partial charge in [0, 0.05) is 6.42 Å². The molecule has 13 heavy (non-hydrogen) atoms. The maximum atomic E-state index is 5.48. The molecule has 4 heteroatoms. The van der Waals surface area contributed by atoms with Gasteiger partial charge in [-0.3, -0.25) is 4.99 Å². The van der Waals surface area contributed by atoms with E-state index in [1.807, 2.05) is 6.92 Å². The minimum absolute atomic E-state index is 0.0820. The molecule has 3 nitrogen and oxygen atoms in total. The zero-order valence-electron chi connectivity index (χ0n) is 7.96. The Kier molecular flexibility index (Phi) is 4.22. The van der Waals surface area contributed by atoms with Gasteiger partial charge in [0.05, 0.1) is 6.04 Å². The molecule has 1 rings (SSSR count). The smallest absolute Gasteiger partial charge is 0.194 e. The molecule has 0 atom stereocenters. The molecule has 0 saturated heterocycles. The molecule has 0 bridgehead atoms. The zero-order chi connectivity index (χ0) is 9.68. The summed E-state index contributed by atoms with van der Waals surface area (Å²) < 4.78 is 0. The molecular weight excluding hydrogens is 186 g/mol. The van der Waals surface area contributed by atoms with E-state index in [0.29, 0.717) is 6.04 Å². The van der Waals surface area contributed by atoms with Gasteiger partial charge in [-0.25, -0.2) is 4.99 Å². The van der Waals surface area contributed by atoms with Crippen LogP contribution in [0, 0.1) is 0 Å². The SMILES string of the molecule is CCC(N=C(N)Cl)=NC1CCCC1. The first kappa shape index (κ1) is 10.5. The summed E-state index contributed by atoms with van der Waals surface area (Å²) in [5.74, 6) is 0.777. The first-order valence-electron chi connectivity index (χ1n) is 4.78. The summed E-state index contributed by atoms with van der Waals surface area (Å²) >= 11 is 5.48. The third-order valence-electron chi connectivity index (χ3n) is 2.21. The van der Waals surface area contributed by atoms with Crippen molar-refractivity contribution in [3.05, 3.63) is 0 Å². The fourth-order valence-corrected chi connectivity index (χ4v) is 1.66. The van der Waals surface area contributed by atoms with Crippen LogP contribution in [-0.4, -0.2) is 17.2 Å². The molecule has 0 radical (unpaired) electrons. The van der Waals surface area contributed by atoms with Gasteiger partial charge in [-0.2, -0.15) is 0 Å². The summed E-state index contributed by atoms with van der Waals surface area (Å²) in [5.41, 5.74) is 5.28. The number of hydrogen-bond acceptors (Lipinski definition) is 1. The van der Waals surface area contributed by atoms with Crippen molar-refractivity contribution >= 4 is 22.7 Å². The second-order valence-corrected chi connectivity index (χ2v) is 3.66. The quantitative estimate of drug-likeness (QED) is 0.416. The molecule has 0 aromatic carbocycles. The van der Waals surface area contributed by atoms with Crippen molar-refractivity contribution in [1.82, 2.24) is 0 Å². The van der Waals surface area contributed by atoms with Crippen LogP contribution in [0.5, 0.6) is 0 Å². The van der Waals surface area contributed by atoms with Crippen LogP contribution in [-0.2, 0) is 0 Å². The highest BCUT2D eigenvalue weighted by molar-refractivity contribution is 6.65. The van der Waals surface area contributed by atoms with Crippen LogP contribution in [0.15, 0.2) is 9.98 Å². The van der Waals surface area contributed by atoms with Gasteiger partial charge in [0.1, 0.15) is 5.84 Å². The molecule has 0 unspecified atom stereocenters. The van der Waals surface area contributed by atoms with E-state index in [0.717, 1.165) is 12.3 Å². The van der Waals surface area contributed by atoms with Gasteiger partial charge in [0.25, 0.3) is 0 Å². The highest BCUT2D eigenvalue weighted by Gasteiger charge is 2.13. The lowest BCUT2D eigenvalue weighted by molar-refractivity contribution is 0.703. The maximum Gasteiger partial charge on any atom is 0.194 e. The first-order valence-corrected chi connectivity index (χ1v) is 5.16. The third kappa shape index (κ3) is 3.77. The molecule has 0 spiro atoms. The van der Waals surface area contributed by atoms with E-state index in [9.17, 15) is 0 Å². The second kappa shape index (κ2) is 5.22. The summed E-state index contributed by atoms with van der Waals surface area (Å²) in [5, 5.41) is 0.0820. The molecule has 1 aliphatic rings. The number of halogens is 1. The van der Waals surface area contributed by atoms with E-state index in [4.69, 9.17) is 17.3 Å². The average Bonchev–Trinajstić information content (AvgIpc) is 2.55. The zero-order valence-corrected chi connectivity index (χ0v) is 8.72. The Hall–Kier alpha value is -0.570. The van der Waals surface area contributed by atoms with E-state index in [1.54, 1.807) is 0 Å². The lowest BCUT2D eigenvalue weighted by atomic mass is 10.2. The van der Waals surface area contributed by atoms with Crippen LogP contribution >= 0.6 is 11.6 Å². The lowest BCUT2D eigenvalue weighted by Gasteiger charge is -2.03. The molecule has 0 heterocycles. The third-order valence-corrected chi connectivity index (χ3v) is 2.29. The Labute approximate surface area is 84.1 Å². The number of hydrogen-bond donors (Lipinski definition) is 1. The standard InChI is InChI=1S/C9H16ClN3/c1-2-8(13-9(10)11)12-7-5-3-4-6-7/h7H,2-6H2,1H3,(H2,11,12,13). The predicted molar refractivity (Wildman–Crippen MR) is 57.5 cm³/mol. The maximum absolute atomic E-state index is 5.48. The van der Waals surface area contributed by atoms with Crippen LogP contribution in [0.25, 0.3) is 0 Å². The summed E-state index contributed by atoms with van der Waals surface area (Å²) in [7, 11) is 0. The highest BCUT2D eigenvalue weighted by atomic mass is 35.5. The Morgan fingerprint density at radius 1 is 1.46 bits per heavy atom. The molecule has 74 valence electrons. The van der Waals surface area contributed by atoms with Crippen LogP contribution in [0.1, 0.15) is 39.0 Å². The number of nitrogens with two attached hydrogens (primary N) is 1. The molecule has 1 aliphatic carbocycles. The number of rotatable bonds is 2. The molecule has 0 aliphatic heterocycles. The van der Waals surface area contributed by atoms with E-state index in [1.165, 1.54) is 25.7 Å². The van der Waals surface area contributed by atoms with Gasteiger partial charge >= 0.3 is 0 Å². The van der Waals surface area contributed by atoms with Crippen LogP contribution in [0.4, 0.5) is 0 Å². The molecule has 2 N–H and O–H groups in total. The summed E-state index contributed by atoms with van der Waals surface area (Å²) in [4.78, 5) is 8.47. The minimum Gasteiger partial charge on any atom is -0.374 e. The number of aliphatic imine (C=N–C) groups is 2. The molecule has 0 aromatic rings. The monoisotopic (exact) mass is 201 g/mol. The Balaban J connectivity index is 2.58. The van der Waals surface area contributed by atoms with Crippen LogP contribution in [0.2, 0.25) is 0 Å². The van der Waals surface area contributed by atoms with Gasteiger partial charge in [-0.05, 0) is 24.4 Å².